The average molecular weight is 434 g/mol. The lowest BCUT2D eigenvalue weighted by Gasteiger charge is -2.40. The molecular weight excluding hydrogens is 402 g/mol. The Morgan fingerprint density at radius 1 is 1.12 bits per heavy atom. The van der Waals surface area contributed by atoms with Crippen molar-refractivity contribution in [3.05, 3.63) is 81.7 Å². The van der Waals surface area contributed by atoms with Gasteiger partial charge >= 0.3 is 5.97 Å². The highest BCUT2D eigenvalue weighted by Crippen LogP contribution is 2.38. The minimum Gasteiger partial charge on any atom is -0.466 e. The Kier molecular flexibility index (Phi) is 6.75. The summed E-state index contributed by atoms with van der Waals surface area (Å²) in [6, 6.07) is 16.0. The van der Waals surface area contributed by atoms with Crippen molar-refractivity contribution in [2.75, 3.05) is 19.7 Å². The number of hydrogen-bond donors (Lipinski definition) is 0. The largest absolute Gasteiger partial charge is 0.466 e. The molecule has 0 unspecified atom stereocenters. The second-order valence-corrected chi connectivity index (χ2v) is 8.85. The molecule has 4 rings (SSSR count). The number of carbonyl (C=O) groups excluding carboxylic acids is 1. The van der Waals surface area contributed by atoms with Gasteiger partial charge in [-0.1, -0.05) is 42.0 Å². The molecule has 0 radical (unpaired) electrons. The third kappa shape index (κ3) is 4.78. The van der Waals surface area contributed by atoms with Crippen molar-refractivity contribution in [1.82, 2.24) is 4.90 Å². The third-order valence-electron chi connectivity index (χ3n) is 6.65. The number of likely N-dealkylation sites (tertiary alicyclic amines) is 1. The summed E-state index contributed by atoms with van der Waals surface area (Å²) >= 11 is 0. The Hall–Kier alpha value is -2.92. The van der Waals surface area contributed by atoms with E-state index in [2.05, 4.69) is 17.0 Å². The van der Waals surface area contributed by atoms with Crippen LogP contribution in [0.15, 0.2) is 64.0 Å². The van der Waals surface area contributed by atoms with Gasteiger partial charge in [0.25, 0.3) is 0 Å². The first-order valence-corrected chi connectivity index (χ1v) is 11.5. The maximum Gasteiger partial charge on any atom is 0.312 e. The highest BCUT2D eigenvalue weighted by molar-refractivity contribution is 5.78. The van der Waals surface area contributed by atoms with Crippen LogP contribution < -0.4 is 5.43 Å². The molecule has 5 heteroatoms. The van der Waals surface area contributed by atoms with E-state index >= 15 is 0 Å². The minimum absolute atomic E-state index is 0.0289. The zero-order valence-corrected chi connectivity index (χ0v) is 18.9. The van der Waals surface area contributed by atoms with Gasteiger partial charge in [-0.2, -0.15) is 0 Å². The van der Waals surface area contributed by atoms with Crippen LogP contribution in [0.2, 0.25) is 0 Å². The van der Waals surface area contributed by atoms with Gasteiger partial charge in [0.15, 0.2) is 5.43 Å². The summed E-state index contributed by atoms with van der Waals surface area (Å²) in [5, 5.41) is 0.628. The number of nitrogens with zero attached hydrogens (tertiary/aromatic N) is 1. The van der Waals surface area contributed by atoms with Gasteiger partial charge < -0.3 is 9.15 Å². The van der Waals surface area contributed by atoms with Crippen molar-refractivity contribution in [3.8, 4) is 0 Å². The first-order chi connectivity index (χ1) is 15.5. The van der Waals surface area contributed by atoms with Crippen LogP contribution in [0.1, 0.15) is 42.9 Å². The number of fused-ring (bicyclic) bond motifs is 1. The van der Waals surface area contributed by atoms with Gasteiger partial charge in [0.05, 0.1) is 23.7 Å². The topological polar surface area (TPSA) is 59.8 Å². The van der Waals surface area contributed by atoms with Crippen molar-refractivity contribution in [2.45, 2.75) is 46.1 Å². The summed E-state index contributed by atoms with van der Waals surface area (Å²) < 4.78 is 11.2. The highest BCUT2D eigenvalue weighted by atomic mass is 16.5. The van der Waals surface area contributed by atoms with Crippen molar-refractivity contribution in [1.29, 1.82) is 0 Å². The third-order valence-corrected chi connectivity index (χ3v) is 6.65. The fraction of sp³-hybridized carbons (Fsp3) is 0.407. The van der Waals surface area contributed by atoms with Crippen molar-refractivity contribution < 1.29 is 13.9 Å². The van der Waals surface area contributed by atoms with E-state index in [0.717, 1.165) is 44.3 Å². The smallest absolute Gasteiger partial charge is 0.312 e. The number of hydrogen-bond acceptors (Lipinski definition) is 5. The lowest BCUT2D eigenvalue weighted by Crippen LogP contribution is -2.45. The van der Waals surface area contributed by atoms with Gasteiger partial charge in [-0.3, -0.25) is 14.5 Å². The lowest BCUT2D eigenvalue weighted by atomic mass is 9.74. The fourth-order valence-corrected chi connectivity index (χ4v) is 4.64. The molecule has 0 saturated carbocycles. The predicted molar refractivity (Wildman–Crippen MR) is 126 cm³/mol. The first kappa shape index (κ1) is 22.3. The van der Waals surface area contributed by atoms with Crippen molar-refractivity contribution in [2.24, 2.45) is 5.41 Å². The number of ether oxygens (including phenoxy) is 1. The molecule has 0 bridgehead atoms. The summed E-state index contributed by atoms with van der Waals surface area (Å²) in [5.41, 5.74) is 3.12. The van der Waals surface area contributed by atoms with E-state index in [4.69, 9.17) is 9.15 Å². The van der Waals surface area contributed by atoms with Crippen LogP contribution in [0.3, 0.4) is 0 Å². The molecule has 32 heavy (non-hydrogen) atoms. The summed E-state index contributed by atoms with van der Waals surface area (Å²) in [6.07, 6.45) is 4.68. The van der Waals surface area contributed by atoms with E-state index in [-0.39, 0.29) is 11.4 Å². The lowest BCUT2D eigenvalue weighted by molar-refractivity contribution is -0.159. The molecule has 3 aromatic rings. The van der Waals surface area contributed by atoms with Gasteiger partial charge in [0, 0.05) is 12.1 Å². The second kappa shape index (κ2) is 9.70. The molecule has 1 saturated heterocycles. The number of benzene rings is 2. The highest BCUT2D eigenvalue weighted by Gasteiger charge is 2.42. The Morgan fingerprint density at radius 2 is 1.88 bits per heavy atom. The van der Waals surface area contributed by atoms with Crippen LogP contribution in [0.5, 0.6) is 0 Å². The maximum atomic E-state index is 13.0. The minimum atomic E-state index is -0.465. The van der Waals surface area contributed by atoms with Crippen LogP contribution in [0.4, 0.5) is 0 Å². The molecular formula is C27H31NO4. The Labute approximate surface area is 189 Å². The number of esters is 1. The zero-order chi connectivity index (χ0) is 22.6. The average Bonchev–Trinajstić information content (AvgIpc) is 2.82. The molecule has 0 amide bonds. The maximum absolute atomic E-state index is 13.0. The van der Waals surface area contributed by atoms with Gasteiger partial charge in [0.2, 0.25) is 0 Å². The molecule has 0 N–H and O–H groups in total. The van der Waals surface area contributed by atoms with Gasteiger partial charge in [-0.25, -0.2) is 0 Å². The van der Waals surface area contributed by atoms with E-state index in [9.17, 15) is 9.59 Å². The first-order valence-electron chi connectivity index (χ1n) is 11.5. The van der Waals surface area contributed by atoms with Crippen LogP contribution in [0, 0.1) is 12.3 Å². The van der Waals surface area contributed by atoms with Crippen molar-refractivity contribution in [3.63, 3.8) is 0 Å². The van der Waals surface area contributed by atoms with Crippen LogP contribution in [-0.2, 0) is 22.5 Å². The van der Waals surface area contributed by atoms with E-state index in [0.29, 0.717) is 29.7 Å². The molecule has 1 aliphatic heterocycles. The van der Waals surface area contributed by atoms with E-state index in [1.165, 1.54) is 5.56 Å². The molecule has 1 aromatic heterocycles. The number of carbonyl (C=O) groups is 1. The van der Waals surface area contributed by atoms with Crippen LogP contribution >= 0.6 is 0 Å². The number of aryl methyl sites for hydroxylation is 2. The molecule has 0 spiro atoms. The summed E-state index contributed by atoms with van der Waals surface area (Å²) in [5.74, 6) is -0.0868. The quantitative estimate of drug-likeness (QED) is 0.497. The summed E-state index contributed by atoms with van der Waals surface area (Å²) in [6.45, 7) is 6.26. The van der Waals surface area contributed by atoms with Crippen LogP contribution in [-0.4, -0.2) is 30.6 Å². The van der Waals surface area contributed by atoms with E-state index in [1.807, 2.05) is 50.2 Å². The standard InChI is InChI=1S/C27H31NO4/c1-3-31-26(30)27(12-11-21-7-5-4-6-8-21)13-15-28(16-14-27)18-22-19-32-24-10-9-20(2)17-23(24)25(22)29/h4-10,17,19H,3,11-16,18H2,1-2H3. The predicted octanol–water partition coefficient (Wildman–Crippen LogP) is 4.88. The summed E-state index contributed by atoms with van der Waals surface area (Å²) in [7, 11) is 0. The molecule has 1 aliphatic rings. The Morgan fingerprint density at radius 3 is 2.59 bits per heavy atom. The fourth-order valence-electron chi connectivity index (χ4n) is 4.64. The van der Waals surface area contributed by atoms with Gasteiger partial charge in [-0.05, 0) is 70.3 Å². The van der Waals surface area contributed by atoms with Crippen LogP contribution in [0.25, 0.3) is 11.0 Å². The SMILES string of the molecule is CCOC(=O)C1(CCc2ccccc2)CCN(Cc2coc3ccc(C)cc3c2=O)CC1. The normalized spacial score (nSPS) is 16.2. The second-order valence-electron chi connectivity index (χ2n) is 8.85. The summed E-state index contributed by atoms with van der Waals surface area (Å²) in [4.78, 5) is 28.2. The monoisotopic (exact) mass is 433 g/mol. The van der Waals surface area contributed by atoms with Gasteiger partial charge in [-0.15, -0.1) is 0 Å². The van der Waals surface area contributed by atoms with E-state index in [1.54, 1.807) is 6.26 Å². The molecule has 0 atom stereocenters. The molecule has 2 heterocycles. The molecule has 2 aromatic carbocycles. The molecule has 5 nitrogen and oxygen atoms in total. The van der Waals surface area contributed by atoms with E-state index < -0.39 is 5.41 Å². The zero-order valence-electron chi connectivity index (χ0n) is 18.9. The Balaban J connectivity index is 1.46. The Bertz CT molecular complexity index is 1130. The molecule has 168 valence electrons. The molecule has 0 aliphatic carbocycles. The number of piperidine rings is 1. The number of rotatable bonds is 7. The molecule has 1 fully saturated rings. The van der Waals surface area contributed by atoms with Gasteiger partial charge in [0.1, 0.15) is 5.58 Å². The van der Waals surface area contributed by atoms with Crippen molar-refractivity contribution >= 4 is 16.9 Å².